The second kappa shape index (κ2) is 7.90. The molecule has 1 fully saturated rings. The molecule has 0 spiro atoms. The quantitative estimate of drug-likeness (QED) is 0.678. The highest BCUT2D eigenvalue weighted by Gasteiger charge is 2.26. The Morgan fingerprint density at radius 3 is 2.46 bits per heavy atom. The minimum absolute atomic E-state index is 0.0711. The molecule has 8 heteroatoms. The Balaban J connectivity index is 1.42. The fourth-order valence-corrected chi connectivity index (χ4v) is 3.40. The summed E-state index contributed by atoms with van der Waals surface area (Å²) in [4.78, 5) is 20.4. The molecule has 0 saturated carbocycles. The first kappa shape index (κ1) is 18.3. The molecule has 1 aliphatic rings. The molecule has 0 N–H and O–H groups in total. The normalized spacial score (nSPS) is 14.2. The van der Waals surface area contributed by atoms with Crippen molar-refractivity contribution in [2.24, 2.45) is 0 Å². The molecule has 6 nitrogen and oxygen atoms in total. The summed E-state index contributed by atoms with van der Waals surface area (Å²) >= 11 is 6.01. The van der Waals surface area contributed by atoms with Gasteiger partial charge < -0.3 is 9.80 Å². The number of piperazine rings is 1. The first-order valence-corrected chi connectivity index (χ1v) is 9.23. The Labute approximate surface area is 166 Å². The number of halogens is 2. The molecule has 0 atom stereocenters. The van der Waals surface area contributed by atoms with E-state index in [9.17, 15) is 9.18 Å². The fourth-order valence-electron chi connectivity index (χ4n) is 3.16. The van der Waals surface area contributed by atoms with E-state index in [0.29, 0.717) is 26.2 Å². The van der Waals surface area contributed by atoms with Crippen LogP contribution in [0.3, 0.4) is 0 Å². The van der Waals surface area contributed by atoms with Gasteiger partial charge in [0.2, 0.25) is 0 Å². The lowest BCUT2D eigenvalue weighted by atomic mass is 10.1. The number of benzene rings is 1. The number of carbonyl (C=O) groups is 1. The van der Waals surface area contributed by atoms with Gasteiger partial charge in [0.15, 0.2) is 5.82 Å². The number of anilines is 1. The van der Waals surface area contributed by atoms with Crippen molar-refractivity contribution in [2.45, 2.75) is 0 Å². The Hall–Kier alpha value is -3.06. The van der Waals surface area contributed by atoms with Crippen molar-refractivity contribution in [2.75, 3.05) is 31.1 Å². The minimum Gasteiger partial charge on any atom is -0.352 e. The van der Waals surface area contributed by atoms with Crippen molar-refractivity contribution in [3.8, 4) is 11.3 Å². The molecule has 142 valence electrons. The van der Waals surface area contributed by atoms with Gasteiger partial charge in [-0.3, -0.25) is 9.78 Å². The van der Waals surface area contributed by atoms with E-state index in [-0.39, 0.29) is 16.5 Å². The third kappa shape index (κ3) is 3.66. The summed E-state index contributed by atoms with van der Waals surface area (Å²) in [5, 5.41) is 8.70. The highest BCUT2D eigenvalue weighted by atomic mass is 35.5. The molecular weight excluding hydrogens is 381 g/mol. The molecule has 28 heavy (non-hydrogen) atoms. The largest absolute Gasteiger partial charge is 0.352 e. The Bertz CT molecular complexity index is 955. The summed E-state index contributed by atoms with van der Waals surface area (Å²) in [5.74, 6) is -0.249. The average molecular weight is 398 g/mol. The molecule has 3 aromatic rings. The van der Waals surface area contributed by atoms with Gasteiger partial charge in [-0.25, -0.2) is 4.39 Å². The second-order valence-electron chi connectivity index (χ2n) is 6.39. The Kier molecular flexibility index (Phi) is 5.16. The zero-order valence-electron chi connectivity index (χ0n) is 14.9. The van der Waals surface area contributed by atoms with E-state index in [1.807, 2.05) is 29.2 Å². The molecule has 1 saturated heterocycles. The molecule has 0 aliphatic carbocycles. The molecule has 3 heterocycles. The van der Waals surface area contributed by atoms with Crippen LogP contribution in [0.15, 0.2) is 54.9 Å². The minimum atomic E-state index is -0.600. The summed E-state index contributed by atoms with van der Waals surface area (Å²) < 4.78 is 14.0. The summed E-state index contributed by atoms with van der Waals surface area (Å²) in [6.07, 6.45) is 3.45. The van der Waals surface area contributed by atoms with Gasteiger partial charge in [-0.05, 0) is 36.4 Å². The fraction of sp³-hybridized carbons (Fsp3) is 0.200. The van der Waals surface area contributed by atoms with Crippen LogP contribution in [0.4, 0.5) is 10.2 Å². The third-order valence-electron chi connectivity index (χ3n) is 4.68. The topological polar surface area (TPSA) is 62.2 Å². The van der Waals surface area contributed by atoms with E-state index in [1.165, 1.54) is 18.2 Å². The third-order valence-corrected chi connectivity index (χ3v) is 4.99. The number of amides is 1. The van der Waals surface area contributed by atoms with Crippen molar-refractivity contribution in [1.29, 1.82) is 0 Å². The van der Waals surface area contributed by atoms with Crippen LogP contribution < -0.4 is 4.90 Å². The van der Waals surface area contributed by atoms with Gasteiger partial charge in [-0.2, -0.15) is 0 Å². The first-order chi connectivity index (χ1) is 13.6. The van der Waals surface area contributed by atoms with Crippen LogP contribution >= 0.6 is 11.6 Å². The smallest absolute Gasteiger partial charge is 0.258 e. The van der Waals surface area contributed by atoms with Crippen LogP contribution in [-0.2, 0) is 0 Å². The lowest BCUT2D eigenvalue weighted by molar-refractivity contribution is 0.0742. The van der Waals surface area contributed by atoms with Crippen molar-refractivity contribution in [3.63, 3.8) is 0 Å². The summed E-state index contributed by atoms with van der Waals surface area (Å²) in [7, 11) is 0. The molecule has 0 bridgehead atoms. The van der Waals surface area contributed by atoms with Crippen LogP contribution in [0.25, 0.3) is 11.3 Å². The van der Waals surface area contributed by atoms with Crippen molar-refractivity contribution < 1.29 is 9.18 Å². The lowest BCUT2D eigenvalue weighted by Gasteiger charge is -2.35. The van der Waals surface area contributed by atoms with E-state index in [1.54, 1.807) is 17.3 Å². The van der Waals surface area contributed by atoms with Crippen LogP contribution in [0.5, 0.6) is 0 Å². The van der Waals surface area contributed by atoms with Gasteiger partial charge in [0.05, 0.1) is 16.3 Å². The van der Waals surface area contributed by atoms with E-state index >= 15 is 0 Å². The van der Waals surface area contributed by atoms with Gasteiger partial charge in [-0.1, -0.05) is 17.7 Å². The van der Waals surface area contributed by atoms with E-state index in [0.717, 1.165) is 17.1 Å². The van der Waals surface area contributed by atoms with Crippen molar-refractivity contribution in [1.82, 2.24) is 20.1 Å². The van der Waals surface area contributed by atoms with Gasteiger partial charge in [0.25, 0.3) is 5.91 Å². The van der Waals surface area contributed by atoms with Crippen LogP contribution in [0.2, 0.25) is 5.02 Å². The monoisotopic (exact) mass is 397 g/mol. The number of rotatable bonds is 3. The van der Waals surface area contributed by atoms with Crippen LogP contribution in [0, 0.1) is 5.82 Å². The van der Waals surface area contributed by atoms with Gasteiger partial charge in [-0.15, -0.1) is 10.2 Å². The Morgan fingerprint density at radius 1 is 1.00 bits per heavy atom. The van der Waals surface area contributed by atoms with Gasteiger partial charge >= 0.3 is 0 Å². The zero-order valence-corrected chi connectivity index (χ0v) is 15.7. The van der Waals surface area contributed by atoms with E-state index < -0.39 is 5.82 Å². The SMILES string of the molecule is O=C(c1c(F)cccc1Cl)N1CCN(c2ccc(-c3cccnc3)nn2)CC1. The molecule has 2 aromatic heterocycles. The highest BCUT2D eigenvalue weighted by molar-refractivity contribution is 6.33. The standard InChI is InChI=1S/C20H17ClFN5O/c21-15-4-1-5-16(22)19(15)20(28)27-11-9-26(10-12-27)18-7-6-17(24-25-18)14-3-2-8-23-13-14/h1-8,13H,9-12H2. The van der Waals surface area contributed by atoms with Crippen LogP contribution in [-0.4, -0.2) is 52.2 Å². The molecule has 1 aliphatic heterocycles. The molecule has 0 radical (unpaired) electrons. The zero-order chi connectivity index (χ0) is 19.5. The number of hydrogen-bond donors (Lipinski definition) is 0. The van der Waals surface area contributed by atoms with Gasteiger partial charge in [0.1, 0.15) is 5.82 Å². The maximum Gasteiger partial charge on any atom is 0.258 e. The highest BCUT2D eigenvalue weighted by Crippen LogP contribution is 2.23. The van der Waals surface area contributed by atoms with Gasteiger partial charge in [0, 0.05) is 44.1 Å². The first-order valence-electron chi connectivity index (χ1n) is 8.86. The number of hydrogen-bond acceptors (Lipinski definition) is 5. The summed E-state index contributed by atoms with van der Waals surface area (Å²) in [6.45, 7) is 2.07. The predicted octanol–water partition coefficient (Wildman–Crippen LogP) is 3.29. The van der Waals surface area contributed by atoms with E-state index in [2.05, 4.69) is 15.2 Å². The maximum absolute atomic E-state index is 14.0. The molecular formula is C20H17ClFN5O. The average Bonchev–Trinajstić information content (AvgIpc) is 2.74. The Morgan fingerprint density at radius 2 is 1.82 bits per heavy atom. The summed E-state index contributed by atoms with van der Waals surface area (Å²) in [6, 6.07) is 11.8. The van der Waals surface area contributed by atoms with Crippen molar-refractivity contribution >= 4 is 23.3 Å². The van der Waals surface area contributed by atoms with Crippen LogP contribution in [0.1, 0.15) is 10.4 Å². The number of aromatic nitrogens is 3. The lowest BCUT2D eigenvalue weighted by Crippen LogP contribution is -2.49. The second-order valence-corrected chi connectivity index (χ2v) is 6.80. The molecule has 1 amide bonds. The van der Waals surface area contributed by atoms with Crippen molar-refractivity contribution in [3.05, 3.63) is 71.3 Å². The predicted molar refractivity (Wildman–Crippen MR) is 105 cm³/mol. The molecule has 0 unspecified atom stereocenters. The summed E-state index contributed by atoms with van der Waals surface area (Å²) in [5.41, 5.74) is 1.58. The number of nitrogens with zero attached hydrogens (tertiary/aromatic N) is 5. The van der Waals surface area contributed by atoms with E-state index in [4.69, 9.17) is 11.6 Å². The number of pyridine rings is 1. The molecule has 1 aromatic carbocycles. The molecule has 4 rings (SSSR count). The number of carbonyl (C=O) groups excluding carboxylic acids is 1. The maximum atomic E-state index is 14.0.